The molecule has 0 amide bonds. The molecule has 25 heavy (non-hydrogen) atoms. The Labute approximate surface area is 152 Å². The third kappa shape index (κ3) is 7.25. The van der Waals surface area contributed by atoms with Gasteiger partial charge < -0.3 is 0 Å². The van der Waals surface area contributed by atoms with Crippen molar-refractivity contribution in [2.75, 3.05) is 0 Å². The van der Waals surface area contributed by atoms with Gasteiger partial charge in [0.05, 0.1) is 0 Å². The van der Waals surface area contributed by atoms with Crippen LogP contribution in [0.4, 0.5) is 4.39 Å². The van der Waals surface area contributed by atoms with Gasteiger partial charge >= 0.3 is 0 Å². The Morgan fingerprint density at radius 2 is 1.20 bits per heavy atom. The highest BCUT2D eigenvalue weighted by atomic mass is 19.1. The van der Waals surface area contributed by atoms with Crippen LogP contribution in [-0.2, 0) is 19.3 Å². The molecule has 0 aliphatic carbocycles. The van der Waals surface area contributed by atoms with Crippen LogP contribution in [0.2, 0.25) is 0 Å². The van der Waals surface area contributed by atoms with E-state index in [-0.39, 0.29) is 5.83 Å². The molecule has 2 aromatic rings. The molecule has 0 fully saturated rings. The summed E-state index contributed by atoms with van der Waals surface area (Å²) in [5.41, 5.74) is 5.18. The lowest BCUT2D eigenvalue weighted by Gasteiger charge is -2.05. The smallest absolute Gasteiger partial charge is 0.100 e. The third-order valence-corrected chi connectivity index (χ3v) is 4.53. The van der Waals surface area contributed by atoms with E-state index in [2.05, 4.69) is 43.3 Å². The normalized spacial score (nSPS) is 11.7. The van der Waals surface area contributed by atoms with Crippen LogP contribution in [-0.4, -0.2) is 0 Å². The first-order chi connectivity index (χ1) is 12.2. The Morgan fingerprint density at radius 1 is 0.720 bits per heavy atom. The summed E-state index contributed by atoms with van der Waals surface area (Å²) in [4.78, 5) is 0. The molecule has 0 aliphatic rings. The predicted octanol–water partition coefficient (Wildman–Crippen LogP) is 7.32. The van der Waals surface area contributed by atoms with Gasteiger partial charge in [-0.1, -0.05) is 68.8 Å². The van der Waals surface area contributed by atoms with Crippen molar-refractivity contribution in [2.24, 2.45) is 0 Å². The predicted molar refractivity (Wildman–Crippen MR) is 108 cm³/mol. The Kier molecular flexibility index (Phi) is 8.45. The molecule has 1 heteroatoms. The minimum absolute atomic E-state index is 0.0276. The summed E-state index contributed by atoms with van der Waals surface area (Å²) in [6, 6.07) is 17.4. The standard InChI is InChI=1S/C24H31F/c1-3-7-20-11-13-21(14-12-20)9-5-6-10-22-15-17-23(18-16-22)19-24(25)8-4-2/h11-19H,3-10H2,1-2H3. The summed E-state index contributed by atoms with van der Waals surface area (Å²) in [6.45, 7) is 4.22. The van der Waals surface area contributed by atoms with Crippen LogP contribution < -0.4 is 0 Å². The molecule has 0 aromatic heterocycles. The fraction of sp³-hybridized carbons (Fsp3) is 0.417. The molecule has 0 saturated carbocycles. The van der Waals surface area contributed by atoms with E-state index in [4.69, 9.17) is 0 Å². The highest BCUT2D eigenvalue weighted by molar-refractivity contribution is 5.51. The first-order valence-corrected chi connectivity index (χ1v) is 9.74. The van der Waals surface area contributed by atoms with Crippen LogP contribution in [0.1, 0.15) is 68.2 Å². The summed E-state index contributed by atoms with van der Waals surface area (Å²) in [6.07, 6.45) is 10.0. The SMILES string of the molecule is CCCC(F)=Cc1ccc(CCCCc2ccc(CCC)cc2)cc1. The minimum Gasteiger partial charge on any atom is -0.212 e. The lowest BCUT2D eigenvalue weighted by Crippen LogP contribution is -1.91. The Hall–Kier alpha value is -1.89. The molecule has 0 N–H and O–H groups in total. The van der Waals surface area contributed by atoms with Crippen molar-refractivity contribution in [3.8, 4) is 0 Å². The first-order valence-electron chi connectivity index (χ1n) is 9.74. The number of unbranched alkanes of at least 4 members (excludes halogenated alkanes) is 1. The van der Waals surface area contributed by atoms with Crippen LogP contribution in [0.3, 0.4) is 0 Å². The zero-order valence-corrected chi connectivity index (χ0v) is 15.7. The maximum atomic E-state index is 13.5. The van der Waals surface area contributed by atoms with Gasteiger partial charge in [-0.15, -0.1) is 0 Å². The third-order valence-electron chi connectivity index (χ3n) is 4.53. The zero-order chi connectivity index (χ0) is 17.9. The van der Waals surface area contributed by atoms with Gasteiger partial charge in [-0.25, -0.2) is 4.39 Å². The van der Waals surface area contributed by atoms with E-state index in [9.17, 15) is 4.39 Å². The zero-order valence-electron chi connectivity index (χ0n) is 15.7. The van der Waals surface area contributed by atoms with Crippen LogP contribution in [0.15, 0.2) is 54.4 Å². The van der Waals surface area contributed by atoms with E-state index in [1.165, 1.54) is 42.4 Å². The van der Waals surface area contributed by atoms with Gasteiger partial charge in [-0.2, -0.15) is 0 Å². The van der Waals surface area contributed by atoms with Gasteiger partial charge in [0.2, 0.25) is 0 Å². The summed E-state index contributed by atoms with van der Waals surface area (Å²) >= 11 is 0. The molecule has 0 atom stereocenters. The molecule has 0 radical (unpaired) electrons. The lowest BCUT2D eigenvalue weighted by molar-refractivity contribution is 0.591. The fourth-order valence-electron chi connectivity index (χ4n) is 3.09. The van der Waals surface area contributed by atoms with Gasteiger partial charge in [-0.05, 0) is 73.3 Å². The van der Waals surface area contributed by atoms with Crippen LogP contribution >= 0.6 is 0 Å². The quantitative estimate of drug-likeness (QED) is 0.398. The molecule has 0 saturated heterocycles. The van der Waals surface area contributed by atoms with Crippen LogP contribution in [0, 0.1) is 0 Å². The van der Waals surface area contributed by atoms with Crippen LogP contribution in [0.25, 0.3) is 6.08 Å². The Balaban J connectivity index is 1.73. The molecule has 0 bridgehead atoms. The van der Waals surface area contributed by atoms with E-state index >= 15 is 0 Å². The van der Waals surface area contributed by atoms with Crippen molar-refractivity contribution in [2.45, 2.75) is 65.2 Å². The summed E-state index contributed by atoms with van der Waals surface area (Å²) in [5.74, 6) is -0.0276. The van der Waals surface area contributed by atoms with Crippen molar-refractivity contribution in [3.05, 3.63) is 76.6 Å². The number of halogens is 1. The van der Waals surface area contributed by atoms with Crippen molar-refractivity contribution < 1.29 is 4.39 Å². The second-order valence-electron chi connectivity index (χ2n) is 6.86. The summed E-state index contributed by atoms with van der Waals surface area (Å²) < 4.78 is 13.5. The lowest BCUT2D eigenvalue weighted by atomic mass is 10.0. The molecule has 134 valence electrons. The summed E-state index contributed by atoms with van der Waals surface area (Å²) in [5, 5.41) is 0. The highest BCUT2D eigenvalue weighted by Crippen LogP contribution is 2.15. The van der Waals surface area contributed by atoms with Crippen molar-refractivity contribution in [1.82, 2.24) is 0 Å². The van der Waals surface area contributed by atoms with Gasteiger partial charge in [0, 0.05) is 0 Å². The van der Waals surface area contributed by atoms with E-state index in [0.29, 0.717) is 6.42 Å². The number of hydrogen-bond acceptors (Lipinski definition) is 0. The molecule has 0 spiro atoms. The molecular weight excluding hydrogens is 307 g/mol. The Bertz CT molecular complexity index is 635. The van der Waals surface area contributed by atoms with E-state index in [1.54, 1.807) is 6.08 Å². The number of benzene rings is 2. The maximum Gasteiger partial charge on any atom is 0.100 e. The number of rotatable bonds is 10. The topological polar surface area (TPSA) is 0 Å². The summed E-state index contributed by atoms with van der Waals surface area (Å²) in [7, 11) is 0. The van der Waals surface area contributed by atoms with E-state index in [1.807, 2.05) is 19.1 Å². The Morgan fingerprint density at radius 3 is 1.68 bits per heavy atom. The molecule has 2 aromatic carbocycles. The minimum atomic E-state index is -0.0276. The molecular formula is C24H31F. The molecule has 0 heterocycles. The van der Waals surface area contributed by atoms with Crippen molar-refractivity contribution in [3.63, 3.8) is 0 Å². The molecule has 2 rings (SSSR count). The fourth-order valence-corrected chi connectivity index (χ4v) is 3.09. The van der Waals surface area contributed by atoms with Gasteiger partial charge in [0.25, 0.3) is 0 Å². The van der Waals surface area contributed by atoms with Gasteiger partial charge in [-0.3, -0.25) is 0 Å². The molecule has 0 nitrogen and oxygen atoms in total. The second-order valence-corrected chi connectivity index (χ2v) is 6.86. The second kappa shape index (κ2) is 10.9. The maximum absolute atomic E-state index is 13.5. The number of hydrogen-bond donors (Lipinski definition) is 0. The average Bonchev–Trinajstić information content (AvgIpc) is 2.62. The van der Waals surface area contributed by atoms with E-state index in [0.717, 1.165) is 24.8 Å². The number of aryl methyl sites for hydroxylation is 3. The van der Waals surface area contributed by atoms with Crippen molar-refractivity contribution >= 4 is 6.08 Å². The van der Waals surface area contributed by atoms with E-state index < -0.39 is 0 Å². The van der Waals surface area contributed by atoms with Crippen molar-refractivity contribution in [1.29, 1.82) is 0 Å². The number of allylic oxidation sites excluding steroid dienone is 1. The first kappa shape index (κ1) is 19.4. The molecule has 0 aliphatic heterocycles. The average molecular weight is 339 g/mol. The molecule has 0 unspecified atom stereocenters. The van der Waals surface area contributed by atoms with Gasteiger partial charge in [0.15, 0.2) is 0 Å². The monoisotopic (exact) mass is 338 g/mol. The van der Waals surface area contributed by atoms with Crippen LogP contribution in [0.5, 0.6) is 0 Å². The largest absolute Gasteiger partial charge is 0.212 e. The highest BCUT2D eigenvalue weighted by Gasteiger charge is 1.99. The van der Waals surface area contributed by atoms with Gasteiger partial charge in [0.1, 0.15) is 5.83 Å².